The molecule has 0 amide bonds. The third-order valence-electron chi connectivity index (χ3n) is 3.77. The summed E-state index contributed by atoms with van der Waals surface area (Å²) in [4.78, 5) is 2.49. The summed E-state index contributed by atoms with van der Waals surface area (Å²) in [6.45, 7) is 5.41. The normalized spacial score (nSPS) is 18.9. The number of nitrogens with two attached hydrogens (primary N) is 1. The first-order valence-electron chi connectivity index (χ1n) is 6.48. The van der Waals surface area contributed by atoms with Gasteiger partial charge in [-0.05, 0) is 72.4 Å². The van der Waals surface area contributed by atoms with Crippen LogP contribution in [0.2, 0.25) is 5.02 Å². The predicted molar refractivity (Wildman–Crippen MR) is 88.1 cm³/mol. The van der Waals surface area contributed by atoms with Crippen LogP contribution in [0.25, 0.3) is 0 Å². The summed E-state index contributed by atoms with van der Waals surface area (Å²) in [5, 5.41) is 0.773. The quantitative estimate of drug-likeness (QED) is 0.871. The Hall–Kier alpha value is 0.200. The minimum absolute atomic E-state index is 0. The predicted octanol–water partition coefficient (Wildman–Crippen LogP) is 4.08. The summed E-state index contributed by atoms with van der Waals surface area (Å²) in [6.07, 6.45) is 2.43. The van der Waals surface area contributed by atoms with E-state index in [1.807, 2.05) is 6.07 Å². The molecule has 1 aliphatic heterocycles. The van der Waals surface area contributed by atoms with Crippen LogP contribution in [0.3, 0.4) is 0 Å². The van der Waals surface area contributed by atoms with Crippen molar-refractivity contribution in [3.05, 3.63) is 33.3 Å². The Labute approximate surface area is 135 Å². The second-order valence-corrected chi connectivity index (χ2v) is 6.48. The van der Waals surface area contributed by atoms with Crippen LogP contribution in [0, 0.1) is 5.92 Å². The SMILES string of the molecule is CC(N)C1CCN(Cc2ccc(Cl)c(Br)c2)CC1.Cl. The summed E-state index contributed by atoms with van der Waals surface area (Å²) in [6, 6.07) is 6.50. The fraction of sp³-hybridized carbons (Fsp3) is 0.571. The van der Waals surface area contributed by atoms with E-state index in [2.05, 4.69) is 39.9 Å². The Morgan fingerprint density at radius 2 is 2.05 bits per heavy atom. The van der Waals surface area contributed by atoms with Gasteiger partial charge in [0.15, 0.2) is 0 Å². The minimum atomic E-state index is 0. The molecular weight excluding hydrogens is 347 g/mol. The molecule has 1 aromatic carbocycles. The van der Waals surface area contributed by atoms with Crippen molar-refractivity contribution in [3.63, 3.8) is 0 Å². The van der Waals surface area contributed by atoms with Crippen molar-refractivity contribution in [3.8, 4) is 0 Å². The molecule has 108 valence electrons. The first-order valence-corrected chi connectivity index (χ1v) is 7.65. The molecule has 0 saturated carbocycles. The number of hydrogen-bond donors (Lipinski definition) is 1. The van der Waals surface area contributed by atoms with Crippen LogP contribution in [-0.4, -0.2) is 24.0 Å². The van der Waals surface area contributed by atoms with Crippen molar-refractivity contribution >= 4 is 39.9 Å². The first kappa shape index (κ1) is 17.3. The molecule has 0 bridgehead atoms. The molecule has 1 fully saturated rings. The van der Waals surface area contributed by atoms with Crippen molar-refractivity contribution in [2.45, 2.75) is 32.4 Å². The van der Waals surface area contributed by atoms with Gasteiger partial charge in [0.05, 0.1) is 5.02 Å². The summed E-state index contributed by atoms with van der Waals surface area (Å²) >= 11 is 9.48. The van der Waals surface area contributed by atoms with Crippen LogP contribution in [-0.2, 0) is 6.54 Å². The van der Waals surface area contributed by atoms with Gasteiger partial charge in [-0.3, -0.25) is 4.90 Å². The fourth-order valence-electron chi connectivity index (χ4n) is 2.53. The van der Waals surface area contributed by atoms with E-state index in [0.717, 1.165) is 29.1 Å². The number of rotatable bonds is 3. The highest BCUT2D eigenvalue weighted by atomic mass is 79.9. The molecular formula is C14H21BrCl2N2. The summed E-state index contributed by atoms with van der Waals surface area (Å²) in [5.41, 5.74) is 7.27. The van der Waals surface area contributed by atoms with E-state index < -0.39 is 0 Å². The maximum absolute atomic E-state index is 6.00. The topological polar surface area (TPSA) is 29.3 Å². The Morgan fingerprint density at radius 1 is 1.42 bits per heavy atom. The van der Waals surface area contributed by atoms with E-state index in [9.17, 15) is 0 Å². The molecule has 1 aromatic rings. The van der Waals surface area contributed by atoms with Crippen molar-refractivity contribution in [2.75, 3.05) is 13.1 Å². The Bertz CT molecular complexity index is 404. The smallest absolute Gasteiger partial charge is 0.0548 e. The molecule has 2 rings (SSSR count). The zero-order valence-electron chi connectivity index (χ0n) is 11.1. The van der Waals surface area contributed by atoms with Gasteiger partial charge in [-0.25, -0.2) is 0 Å². The van der Waals surface area contributed by atoms with E-state index in [-0.39, 0.29) is 12.4 Å². The fourth-order valence-corrected chi connectivity index (χ4v) is 3.08. The van der Waals surface area contributed by atoms with E-state index in [1.54, 1.807) is 0 Å². The molecule has 0 spiro atoms. The monoisotopic (exact) mass is 366 g/mol. The summed E-state index contributed by atoms with van der Waals surface area (Å²) < 4.78 is 0.979. The van der Waals surface area contributed by atoms with Gasteiger partial charge in [-0.1, -0.05) is 17.7 Å². The maximum atomic E-state index is 6.00. The number of piperidine rings is 1. The largest absolute Gasteiger partial charge is 0.328 e. The number of likely N-dealkylation sites (tertiary alicyclic amines) is 1. The molecule has 0 radical (unpaired) electrons. The van der Waals surface area contributed by atoms with Crippen LogP contribution in [0.1, 0.15) is 25.3 Å². The lowest BCUT2D eigenvalue weighted by Gasteiger charge is -2.33. The van der Waals surface area contributed by atoms with Crippen LogP contribution in [0.5, 0.6) is 0 Å². The molecule has 1 aliphatic rings. The van der Waals surface area contributed by atoms with E-state index in [1.165, 1.54) is 18.4 Å². The molecule has 1 saturated heterocycles. The lowest BCUT2D eigenvalue weighted by molar-refractivity contribution is 0.165. The molecule has 0 aliphatic carbocycles. The van der Waals surface area contributed by atoms with Gasteiger partial charge in [-0.15, -0.1) is 12.4 Å². The summed E-state index contributed by atoms with van der Waals surface area (Å²) in [5.74, 6) is 0.693. The Morgan fingerprint density at radius 3 is 2.58 bits per heavy atom. The van der Waals surface area contributed by atoms with Gasteiger partial charge in [0, 0.05) is 17.1 Å². The molecule has 2 nitrogen and oxygen atoms in total. The van der Waals surface area contributed by atoms with Gasteiger partial charge >= 0.3 is 0 Å². The number of nitrogens with zero attached hydrogens (tertiary/aromatic N) is 1. The van der Waals surface area contributed by atoms with Crippen molar-refractivity contribution in [1.29, 1.82) is 0 Å². The highest BCUT2D eigenvalue weighted by Gasteiger charge is 2.21. The molecule has 1 heterocycles. The van der Waals surface area contributed by atoms with Crippen LogP contribution < -0.4 is 5.73 Å². The highest BCUT2D eigenvalue weighted by molar-refractivity contribution is 9.10. The van der Waals surface area contributed by atoms with Gasteiger partial charge in [0.25, 0.3) is 0 Å². The molecule has 1 unspecified atom stereocenters. The number of halogens is 3. The van der Waals surface area contributed by atoms with Crippen molar-refractivity contribution in [1.82, 2.24) is 4.90 Å². The Balaban J connectivity index is 0.00000180. The van der Waals surface area contributed by atoms with Gasteiger partial charge in [-0.2, -0.15) is 0 Å². The maximum Gasteiger partial charge on any atom is 0.0548 e. The standard InChI is InChI=1S/C14H20BrClN2.ClH/c1-10(17)12-4-6-18(7-5-12)9-11-2-3-14(16)13(15)8-11;/h2-3,8,10,12H,4-7,9,17H2,1H3;1H. The average molecular weight is 368 g/mol. The second-order valence-electron chi connectivity index (χ2n) is 5.22. The number of benzene rings is 1. The third kappa shape index (κ3) is 4.91. The lowest BCUT2D eigenvalue weighted by Crippen LogP contribution is -2.39. The molecule has 5 heteroatoms. The molecule has 2 N–H and O–H groups in total. The van der Waals surface area contributed by atoms with Crippen molar-refractivity contribution in [2.24, 2.45) is 11.7 Å². The summed E-state index contributed by atoms with van der Waals surface area (Å²) in [7, 11) is 0. The Kier molecular flexibility index (Phi) is 7.12. The average Bonchev–Trinajstić information content (AvgIpc) is 2.34. The zero-order valence-corrected chi connectivity index (χ0v) is 14.3. The van der Waals surface area contributed by atoms with Gasteiger partial charge in [0.1, 0.15) is 0 Å². The van der Waals surface area contributed by atoms with E-state index in [4.69, 9.17) is 17.3 Å². The van der Waals surface area contributed by atoms with Crippen LogP contribution >= 0.6 is 39.9 Å². The van der Waals surface area contributed by atoms with Crippen molar-refractivity contribution < 1.29 is 0 Å². The minimum Gasteiger partial charge on any atom is -0.328 e. The van der Waals surface area contributed by atoms with Crippen LogP contribution in [0.15, 0.2) is 22.7 Å². The van der Waals surface area contributed by atoms with E-state index in [0.29, 0.717) is 12.0 Å². The molecule has 0 aromatic heterocycles. The first-order chi connectivity index (χ1) is 8.56. The highest BCUT2D eigenvalue weighted by Crippen LogP contribution is 2.25. The van der Waals surface area contributed by atoms with Gasteiger partial charge in [0.2, 0.25) is 0 Å². The molecule has 19 heavy (non-hydrogen) atoms. The van der Waals surface area contributed by atoms with Gasteiger partial charge < -0.3 is 5.73 Å². The third-order valence-corrected chi connectivity index (χ3v) is 4.98. The molecule has 1 atom stereocenters. The van der Waals surface area contributed by atoms with Crippen LogP contribution in [0.4, 0.5) is 0 Å². The number of hydrogen-bond acceptors (Lipinski definition) is 2. The lowest BCUT2D eigenvalue weighted by atomic mass is 9.91. The second kappa shape index (κ2) is 7.84. The van der Waals surface area contributed by atoms with E-state index >= 15 is 0 Å². The zero-order chi connectivity index (χ0) is 13.1.